The third-order valence-corrected chi connectivity index (χ3v) is 9.86. The topological polar surface area (TPSA) is 152 Å². The van der Waals surface area contributed by atoms with E-state index in [1.807, 2.05) is 0 Å². The number of anilines is 1. The molecule has 1 atom stereocenters. The molecule has 0 spiro atoms. The van der Waals surface area contributed by atoms with Crippen LogP contribution >= 0.6 is 22.9 Å². The molecule has 2 N–H and O–H groups in total. The van der Waals surface area contributed by atoms with E-state index in [4.69, 9.17) is 26.2 Å². The molecule has 40 heavy (non-hydrogen) atoms. The van der Waals surface area contributed by atoms with Crippen LogP contribution < -0.4 is 5.32 Å². The molecule has 1 aromatic heterocycles. The van der Waals surface area contributed by atoms with Crippen LogP contribution in [0.2, 0.25) is 4.34 Å². The highest BCUT2D eigenvalue weighted by atomic mass is 35.5. The van der Waals surface area contributed by atoms with Crippen LogP contribution in [0, 0.1) is 0 Å². The quantitative estimate of drug-likeness (QED) is 0.417. The van der Waals surface area contributed by atoms with E-state index >= 15 is 0 Å². The number of nitrogens with one attached hydrogen (secondary N) is 1. The Morgan fingerprint density at radius 2 is 1.77 bits per heavy atom. The molecule has 2 amide bonds. The highest BCUT2D eigenvalue weighted by molar-refractivity contribution is 7.92. The van der Waals surface area contributed by atoms with Crippen LogP contribution in [0.4, 0.5) is 9.93 Å². The minimum atomic E-state index is -3.41. The van der Waals surface area contributed by atoms with E-state index in [2.05, 4.69) is 10.3 Å². The van der Waals surface area contributed by atoms with E-state index in [-0.39, 0.29) is 31.4 Å². The number of nitrogens with zero attached hydrogens (tertiary/aromatic N) is 2. The zero-order valence-corrected chi connectivity index (χ0v) is 24.8. The summed E-state index contributed by atoms with van der Waals surface area (Å²) >= 11 is 7.04. The third-order valence-electron chi connectivity index (χ3n) is 6.33. The van der Waals surface area contributed by atoms with Gasteiger partial charge in [0, 0.05) is 13.1 Å². The van der Waals surface area contributed by atoms with Crippen LogP contribution in [0.3, 0.4) is 0 Å². The second-order valence-corrected chi connectivity index (χ2v) is 14.6. The van der Waals surface area contributed by atoms with E-state index in [9.17, 15) is 22.8 Å². The van der Waals surface area contributed by atoms with Gasteiger partial charge in [-0.3, -0.25) is 14.9 Å². The zero-order valence-electron chi connectivity index (χ0n) is 22.4. The monoisotopic (exact) mass is 613 g/mol. The SMILES string of the molecule is CC(C)(C)OC(=O)N1CCC(OC(C(=O)Nc2nc(CC(=O)O)c(Cl)s2)c2ccc(S(=O)(=O)C3CC3)cc2)CC1. The van der Waals surface area contributed by atoms with Gasteiger partial charge in [-0.05, 0) is 64.2 Å². The number of carboxylic acid groups (broad SMARTS) is 1. The first-order valence-corrected chi connectivity index (χ1v) is 15.6. The van der Waals surface area contributed by atoms with Crippen molar-refractivity contribution in [1.29, 1.82) is 0 Å². The summed E-state index contributed by atoms with van der Waals surface area (Å²) in [6, 6.07) is 6.06. The number of aromatic nitrogens is 1. The molecular formula is C26H32ClN3O8S2. The van der Waals surface area contributed by atoms with Gasteiger partial charge in [0.2, 0.25) is 0 Å². The summed E-state index contributed by atoms with van der Waals surface area (Å²) in [6.07, 6.45) is -0.0933. The molecule has 218 valence electrons. The number of carbonyl (C=O) groups is 3. The number of carboxylic acids is 1. The number of hydrogen-bond donors (Lipinski definition) is 2. The maximum absolute atomic E-state index is 13.4. The Morgan fingerprint density at radius 1 is 1.15 bits per heavy atom. The molecule has 2 fully saturated rings. The summed E-state index contributed by atoms with van der Waals surface area (Å²) in [5.41, 5.74) is -0.0400. The summed E-state index contributed by atoms with van der Waals surface area (Å²) in [5, 5.41) is 11.5. The van der Waals surface area contributed by atoms with Gasteiger partial charge < -0.3 is 19.5 Å². The van der Waals surface area contributed by atoms with Crippen LogP contribution in [0.1, 0.15) is 63.8 Å². The number of aliphatic carboxylic acids is 1. The van der Waals surface area contributed by atoms with Crippen LogP contribution in [0.15, 0.2) is 29.2 Å². The Labute approximate surface area is 241 Å². The molecule has 1 aromatic carbocycles. The number of carbonyl (C=O) groups excluding carboxylic acids is 2. The van der Waals surface area contributed by atoms with E-state index in [1.165, 1.54) is 12.1 Å². The lowest BCUT2D eigenvalue weighted by Gasteiger charge is -2.34. The van der Waals surface area contributed by atoms with Gasteiger partial charge in [0.1, 0.15) is 9.94 Å². The molecule has 1 saturated carbocycles. The highest BCUT2D eigenvalue weighted by Gasteiger charge is 2.37. The van der Waals surface area contributed by atoms with Gasteiger partial charge in [-0.1, -0.05) is 35.1 Å². The number of ether oxygens (including phenoxy) is 2. The summed E-state index contributed by atoms with van der Waals surface area (Å²) in [7, 11) is -3.41. The summed E-state index contributed by atoms with van der Waals surface area (Å²) < 4.78 is 37.1. The fourth-order valence-corrected chi connectivity index (χ4v) is 6.90. The maximum atomic E-state index is 13.4. The largest absolute Gasteiger partial charge is 0.481 e. The highest BCUT2D eigenvalue weighted by Crippen LogP contribution is 2.35. The molecule has 2 aliphatic rings. The van der Waals surface area contributed by atoms with Crippen molar-refractivity contribution in [2.75, 3.05) is 18.4 Å². The van der Waals surface area contributed by atoms with Gasteiger partial charge in [-0.2, -0.15) is 0 Å². The van der Waals surface area contributed by atoms with Crippen molar-refractivity contribution in [1.82, 2.24) is 9.88 Å². The lowest BCUT2D eigenvalue weighted by Crippen LogP contribution is -2.44. The molecule has 2 heterocycles. The van der Waals surface area contributed by atoms with E-state index < -0.39 is 45.9 Å². The van der Waals surface area contributed by atoms with Gasteiger partial charge in [-0.15, -0.1) is 0 Å². The number of piperidine rings is 1. The van der Waals surface area contributed by atoms with Crippen LogP contribution in [0.25, 0.3) is 0 Å². The molecule has 0 bridgehead atoms. The number of benzene rings is 1. The van der Waals surface area contributed by atoms with E-state index in [0.717, 1.165) is 11.3 Å². The number of sulfone groups is 1. The predicted octanol–water partition coefficient (Wildman–Crippen LogP) is 4.46. The van der Waals surface area contributed by atoms with Crippen molar-refractivity contribution in [3.05, 3.63) is 39.9 Å². The second kappa shape index (κ2) is 12.0. The van der Waals surface area contributed by atoms with E-state index in [0.29, 0.717) is 44.3 Å². The Bertz CT molecular complexity index is 1360. The van der Waals surface area contributed by atoms with Crippen molar-refractivity contribution in [2.45, 2.75) is 80.8 Å². The standard InChI is InChI=1S/C26H32ClN3O8S2/c1-26(2,3)38-25(34)30-12-10-16(11-13-30)37-21(15-4-6-17(7-5-15)40(35,36)18-8-9-18)23(33)29-24-28-19(14-20(31)32)22(27)39-24/h4-7,16,18,21H,8-14H2,1-3H3,(H,31,32)(H,28,29,33). The first kappa shape index (κ1) is 30.2. The minimum Gasteiger partial charge on any atom is -0.481 e. The molecule has 1 aliphatic carbocycles. The average molecular weight is 614 g/mol. The van der Waals surface area contributed by atoms with Crippen molar-refractivity contribution in [2.24, 2.45) is 0 Å². The van der Waals surface area contributed by atoms with Gasteiger partial charge in [-0.25, -0.2) is 18.2 Å². The van der Waals surface area contributed by atoms with Crippen molar-refractivity contribution >= 4 is 55.9 Å². The van der Waals surface area contributed by atoms with Crippen LogP contribution in [-0.2, 0) is 35.3 Å². The molecule has 0 radical (unpaired) electrons. The van der Waals surface area contributed by atoms with Crippen LogP contribution in [0.5, 0.6) is 0 Å². The number of likely N-dealkylation sites (tertiary alicyclic amines) is 1. The van der Waals surface area contributed by atoms with E-state index in [1.54, 1.807) is 37.8 Å². The van der Waals surface area contributed by atoms with Gasteiger partial charge in [0.25, 0.3) is 5.91 Å². The molecule has 4 rings (SSSR count). The molecular weight excluding hydrogens is 582 g/mol. The molecule has 1 unspecified atom stereocenters. The third kappa shape index (κ3) is 7.71. The minimum absolute atomic E-state index is 0.118. The van der Waals surface area contributed by atoms with Gasteiger partial charge in [0.15, 0.2) is 21.1 Å². The molecule has 14 heteroatoms. The summed E-state index contributed by atoms with van der Waals surface area (Å²) in [4.78, 5) is 42.8. The number of rotatable bonds is 9. The fourth-order valence-electron chi connectivity index (χ4n) is 4.20. The van der Waals surface area contributed by atoms with Crippen molar-refractivity contribution in [3.8, 4) is 0 Å². The van der Waals surface area contributed by atoms with Crippen LogP contribution in [-0.4, -0.2) is 71.4 Å². The number of thiazole rings is 1. The molecule has 1 aliphatic heterocycles. The molecule has 2 aromatic rings. The predicted molar refractivity (Wildman–Crippen MR) is 148 cm³/mol. The second-order valence-electron chi connectivity index (χ2n) is 10.8. The number of halogens is 1. The summed E-state index contributed by atoms with van der Waals surface area (Å²) in [6.45, 7) is 6.16. The number of hydrogen-bond acceptors (Lipinski definition) is 9. The van der Waals surface area contributed by atoms with Crippen molar-refractivity contribution < 1.29 is 37.4 Å². The first-order chi connectivity index (χ1) is 18.7. The Hall–Kier alpha value is -2.74. The van der Waals surface area contributed by atoms with Gasteiger partial charge >= 0.3 is 12.1 Å². The van der Waals surface area contributed by atoms with Crippen molar-refractivity contribution in [3.63, 3.8) is 0 Å². The Morgan fingerprint density at radius 3 is 2.33 bits per heavy atom. The average Bonchev–Trinajstić information content (AvgIpc) is 3.67. The lowest BCUT2D eigenvalue weighted by atomic mass is 10.1. The first-order valence-electron chi connectivity index (χ1n) is 12.9. The lowest BCUT2D eigenvalue weighted by molar-refractivity contribution is -0.136. The summed E-state index contributed by atoms with van der Waals surface area (Å²) in [5.74, 6) is -1.68. The van der Waals surface area contributed by atoms with Gasteiger partial charge in [0.05, 0.1) is 28.4 Å². The fraction of sp³-hybridized carbons (Fsp3) is 0.538. The molecule has 1 saturated heterocycles. The Balaban J connectivity index is 1.50. The normalized spacial score (nSPS) is 17.4. The smallest absolute Gasteiger partial charge is 0.410 e. The Kier molecular flexibility index (Phi) is 9.08. The molecule has 11 nitrogen and oxygen atoms in total. The number of amides is 2. The maximum Gasteiger partial charge on any atom is 0.410 e. The zero-order chi connectivity index (χ0) is 29.2.